The molecule has 5 N–H and O–H groups in total. The molecule has 0 bridgehead atoms. The van der Waals surface area contributed by atoms with E-state index in [2.05, 4.69) is 10.6 Å². The van der Waals surface area contributed by atoms with Crippen molar-refractivity contribution in [2.75, 3.05) is 39.6 Å². The highest BCUT2D eigenvalue weighted by Crippen LogP contribution is 2.27. The molecular weight excluding hydrogens is 596 g/mol. The topological polar surface area (TPSA) is 160 Å². The van der Waals surface area contributed by atoms with Gasteiger partial charge in [0.25, 0.3) is 0 Å². The summed E-state index contributed by atoms with van der Waals surface area (Å²) in [6, 6.07) is 19.5. The third-order valence-electron chi connectivity index (χ3n) is 7.30. The number of amides is 2. The van der Waals surface area contributed by atoms with Crippen molar-refractivity contribution >= 4 is 27.7 Å². The fourth-order valence-corrected chi connectivity index (χ4v) is 6.77. The van der Waals surface area contributed by atoms with Gasteiger partial charge in [0.2, 0.25) is 15.9 Å². The molecule has 3 rings (SSSR count). The van der Waals surface area contributed by atoms with Crippen molar-refractivity contribution < 1.29 is 32.6 Å². The number of alkyl carbamates (subject to hydrolysis) is 1. The zero-order valence-electron chi connectivity index (χ0n) is 26.2. The van der Waals surface area contributed by atoms with Crippen molar-refractivity contribution in [3.05, 3.63) is 78.4 Å². The van der Waals surface area contributed by atoms with Gasteiger partial charge in [0.15, 0.2) is 0 Å². The molecule has 0 saturated heterocycles. The standard InChI is InChI=1S/C33H44N4O7S/c1-23(2)21-37(45(41,42)29-17-13-26(34)14-18-29)27(22-38)9-7-19-35-32(39)31(36-33(40)44-4)20-25-8-5-6-10-30(25)24-11-15-28(43-3)16-12-24/h5-6,8,10-18,23,27,31,38H,7,9,19-22,34H2,1-4H3,(H,35,39)(H,36,40)/t27?,31-/m0/s1. The lowest BCUT2D eigenvalue weighted by Crippen LogP contribution is -2.48. The molecule has 244 valence electrons. The van der Waals surface area contributed by atoms with Crippen LogP contribution in [0.15, 0.2) is 77.7 Å². The van der Waals surface area contributed by atoms with E-state index in [-0.39, 0.29) is 36.9 Å². The minimum absolute atomic E-state index is 0.00764. The number of carbonyl (C=O) groups excluding carboxylic acids is 2. The molecule has 11 nitrogen and oxygen atoms in total. The number of nitrogens with zero attached hydrogens (tertiary/aromatic N) is 1. The molecule has 0 saturated carbocycles. The van der Waals surface area contributed by atoms with Gasteiger partial charge in [-0.1, -0.05) is 50.2 Å². The van der Waals surface area contributed by atoms with Crippen LogP contribution in [0.25, 0.3) is 11.1 Å². The van der Waals surface area contributed by atoms with Crippen LogP contribution in [-0.2, 0) is 26.0 Å². The van der Waals surface area contributed by atoms with Gasteiger partial charge in [-0.05, 0) is 71.8 Å². The lowest BCUT2D eigenvalue weighted by molar-refractivity contribution is -0.123. The second-order valence-electron chi connectivity index (χ2n) is 11.1. The van der Waals surface area contributed by atoms with Gasteiger partial charge >= 0.3 is 6.09 Å². The summed E-state index contributed by atoms with van der Waals surface area (Å²) >= 11 is 0. The van der Waals surface area contributed by atoms with Crippen LogP contribution in [-0.4, -0.2) is 75.8 Å². The Balaban J connectivity index is 1.71. The number of rotatable bonds is 16. The smallest absolute Gasteiger partial charge is 0.407 e. The van der Waals surface area contributed by atoms with Gasteiger partial charge in [0, 0.05) is 31.2 Å². The van der Waals surface area contributed by atoms with Crippen molar-refractivity contribution in [3.8, 4) is 16.9 Å². The average Bonchev–Trinajstić information content (AvgIpc) is 3.03. The quantitative estimate of drug-likeness (QED) is 0.136. The highest BCUT2D eigenvalue weighted by Gasteiger charge is 2.32. The van der Waals surface area contributed by atoms with Crippen molar-refractivity contribution in [1.29, 1.82) is 0 Å². The lowest BCUT2D eigenvalue weighted by atomic mass is 9.94. The summed E-state index contributed by atoms with van der Waals surface area (Å²) in [5, 5.41) is 15.7. The first-order valence-corrected chi connectivity index (χ1v) is 16.3. The fourth-order valence-electron chi connectivity index (χ4n) is 4.96. The first-order chi connectivity index (χ1) is 21.5. The van der Waals surface area contributed by atoms with Gasteiger partial charge in [-0.2, -0.15) is 4.31 Å². The molecule has 0 aliphatic rings. The predicted octanol–water partition coefficient (Wildman–Crippen LogP) is 3.82. The molecule has 45 heavy (non-hydrogen) atoms. The van der Waals surface area contributed by atoms with Crippen LogP contribution in [0.5, 0.6) is 5.75 Å². The van der Waals surface area contributed by atoms with Crippen LogP contribution in [0.4, 0.5) is 10.5 Å². The van der Waals surface area contributed by atoms with Crippen LogP contribution in [0, 0.1) is 5.92 Å². The molecular formula is C33H44N4O7S. The first kappa shape index (κ1) is 35.4. The highest BCUT2D eigenvalue weighted by molar-refractivity contribution is 7.89. The number of nitrogens with one attached hydrogen (secondary N) is 2. The van der Waals surface area contributed by atoms with Crippen LogP contribution in [0.2, 0.25) is 0 Å². The number of ether oxygens (including phenoxy) is 2. The summed E-state index contributed by atoms with van der Waals surface area (Å²) in [5.74, 6) is 0.312. The number of hydrogen-bond donors (Lipinski definition) is 4. The largest absolute Gasteiger partial charge is 0.497 e. The Kier molecular flexibility index (Phi) is 13.2. The van der Waals surface area contributed by atoms with Crippen LogP contribution in [0.1, 0.15) is 32.3 Å². The molecule has 0 heterocycles. The van der Waals surface area contributed by atoms with E-state index in [1.165, 1.54) is 35.7 Å². The molecule has 3 aromatic carbocycles. The Morgan fingerprint density at radius 1 is 0.978 bits per heavy atom. The third kappa shape index (κ3) is 9.93. The summed E-state index contributed by atoms with van der Waals surface area (Å²) < 4.78 is 38.4. The number of anilines is 1. The molecule has 1 unspecified atom stereocenters. The zero-order valence-corrected chi connectivity index (χ0v) is 27.0. The maximum absolute atomic E-state index is 13.5. The van der Waals surface area contributed by atoms with Crippen molar-refractivity contribution in [2.24, 2.45) is 5.92 Å². The number of nitrogen functional groups attached to an aromatic ring is 1. The molecule has 0 aliphatic heterocycles. The number of carbonyl (C=O) groups is 2. The molecule has 2 amide bonds. The summed E-state index contributed by atoms with van der Waals surface area (Å²) in [6.45, 7) is 3.83. The van der Waals surface area contributed by atoms with Gasteiger partial charge in [-0.15, -0.1) is 0 Å². The van der Waals surface area contributed by atoms with Gasteiger partial charge < -0.3 is 30.9 Å². The number of nitrogens with two attached hydrogens (primary N) is 1. The van der Waals surface area contributed by atoms with E-state index < -0.39 is 34.1 Å². The Bertz CT molecular complexity index is 1500. The summed E-state index contributed by atoms with van der Waals surface area (Å²) in [7, 11) is -1.09. The second-order valence-corrected chi connectivity index (χ2v) is 13.0. The maximum atomic E-state index is 13.5. The number of benzene rings is 3. The minimum atomic E-state index is -3.91. The van der Waals surface area contributed by atoms with Gasteiger partial charge in [0.05, 0.1) is 25.7 Å². The molecule has 0 fully saturated rings. The van der Waals surface area contributed by atoms with E-state index >= 15 is 0 Å². The molecule has 2 atom stereocenters. The van der Waals surface area contributed by atoms with E-state index in [9.17, 15) is 23.1 Å². The first-order valence-electron chi connectivity index (χ1n) is 14.8. The monoisotopic (exact) mass is 640 g/mol. The molecule has 0 spiro atoms. The number of methoxy groups -OCH3 is 2. The van der Waals surface area contributed by atoms with Crippen LogP contribution < -0.4 is 21.1 Å². The van der Waals surface area contributed by atoms with Crippen LogP contribution in [0.3, 0.4) is 0 Å². The van der Waals surface area contributed by atoms with E-state index in [0.717, 1.165) is 22.4 Å². The summed E-state index contributed by atoms with van der Waals surface area (Å²) in [4.78, 5) is 25.6. The van der Waals surface area contributed by atoms with E-state index in [4.69, 9.17) is 15.2 Å². The Morgan fingerprint density at radius 2 is 1.64 bits per heavy atom. The Morgan fingerprint density at radius 3 is 2.24 bits per heavy atom. The predicted molar refractivity (Wildman–Crippen MR) is 174 cm³/mol. The fraction of sp³-hybridized carbons (Fsp3) is 0.394. The minimum Gasteiger partial charge on any atom is -0.497 e. The third-order valence-corrected chi connectivity index (χ3v) is 9.23. The maximum Gasteiger partial charge on any atom is 0.407 e. The average molecular weight is 641 g/mol. The van der Waals surface area contributed by atoms with E-state index in [0.29, 0.717) is 18.5 Å². The van der Waals surface area contributed by atoms with E-state index in [1.54, 1.807) is 7.11 Å². The Hall–Kier alpha value is -4.13. The number of hydrogen-bond acceptors (Lipinski definition) is 8. The van der Waals surface area contributed by atoms with Gasteiger partial charge in [-0.3, -0.25) is 4.79 Å². The van der Waals surface area contributed by atoms with Crippen LogP contribution >= 0.6 is 0 Å². The molecule has 12 heteroatoms. The zero-order chi connectivity index (χ0) is 33.0. The molecule has 0 radical (unpaired) electrons. The summed E-state index contributed by atoms with van der Waals surface area (Å²) in [5.41, 5.74) is 8.87. The number of sulfonamides is 1. The highest BCUT2D eigenvalue weighted by atomic mass is 32.2. The second kappa shape index (κ2) is 16.8. The Labute approximate surface area is 265 Å². The number of aliphatic hydroxyl groups is 1. The van der Waals surface area contributed by atoms with Crippen molar-refractivity contribution in [3.63, 3.8) is 0 Å². The lowest BCUT2D eigenvalue weighted by Gasteiger charge is -2.31. The van der Waals surface area contributed by atoms with Gasteiger partial charge in [-0.25, -0.2) is 13.2 Å². The van der Waals surface area contributed by atoms with Gasteiger partial charge in [0.1, 0.15) is 11.8 Å². The summed E-state index contributed by atoms with van der Waals surface area (Å²) in [6.07, 6.45) is 0.142. The van der Waals surface area contributed by atoms with Crippen molar-refractivity contribution in [1.82, 2.24) is 14.9 Å². The van der Waals surface area contributed by atoms with Crippen molar-refractivity contribution in [2.45, 2.75) is 50.1 Å². The number of aliphatic hydroxyl groups excluding tert-OH is 1. The SMILES string of the molecule is COC(=O)N[C@@H](Cc1ccccc1-c1ccc(OC)cc1)C(=O)NCCCC(CO)N(CC(C)C)S(=O)(=O)c1ccc(N)cc1. The normalized spacial score (nSPS) is 12.9. The molecule has 3 aromatic rings. The molecule has 0 aliphatic carbocycles. The molecule has 0 aromatic heterocycles. The van der Waals surface area contributed by atoms with E-state index in [1.807, 2.05) is 62.4 Å².